The Hall–Kier alpha value is -2.17. The second-order valence-electron chi connectivity index (χ2n) is 4.65. The molecule has 0 aliphatic rings. The van der Waals surface area contributed by atoms with Crippen LogP contribution < -0.4 is 0 Å². The first-order valence-corrected chi connectivity index (χ1v) is 6.19. The summed E-state index contributed by atoms with van der Waals surface area (Å²) in [4.78, 5) is 15.0. The largest absolute Gasteiger partial charge is 0.481 e. The fraction of sp³-hybridized carbons (Fsp3) is 0.357. The number of carboxylic acid groups (broad SMARTS) is 1. The topological polar surface area (TPSA) is 68.0 Å². The molecule has 19 heavy (non-hydrogen) atoms. The van der Waals surface area contributed by atoms with E-state index in [0.717, 1.165) is 5.69 Å². The van der Waals surface area contributed by atoms with Crippen molar-refractivity contribution in [3.8, 4) is 5.69 Å². The third kappa shape index (κ3) is 2.99. The molecular weight excluding hydrogens is 242 g/mol. The molecule has 0 aliphatic carbocycles. The maximum atomic E-state index is 10.7. The highest BCUT2D eigenvalue weighted by Crippen LogP contribution is 2.16. The average molecular weight is 259 g/mol. The zero-order valence-electron chi connectivity index (χ0n) is 11.3. The first-order valence-electron chi connectivity index (χ1n) is 6.19. The average Bonchev–Trinajstić information content (AvgIpc) is 2.71. The number of benzene rings is 1. The van der Waals surface area contributed by atoms with Crippen molar-refractivity contribution >= 4 is 5.97 Å². The van der Waals surface area contributed by atoms with Crippen molar-refractivity contribution in [1.29, 1.82) is 0 Å². The van der Waals surface area contributed by atoms with Gasteiger partial charge in [-0.25, -0.2) is 9.67 Å². The first-order chi connectivity index (χ1) is 8.97. The Balaban J connectivity index is 2.37. The Morgan fingerprint density at radius 2 is 2.00 bits per heavy atom. The second kappa shape index (κ2) is 5.22. The van der Waals surface area contributed by atoms with Gasteiger partial charge in [-0.05, 0) is 44.0 Å². The summed E-state index contributed by atoms with van der Waals surface area (Å²) >= 11 is 0. The lowest BCUT2D eigenvalue weighted by Crippen LogP contribution is -2.06. The molecule has 0 unspecified atom stereocenters. The minimum Gasteiger partial charge on any atom is -0.481 e. The standard InChI is InChI=1S/C14H17N3O2/c1-9-4-5-12(8-10(9)2)17-13(6-7-14(18)19)15-11(3)16-17/h4-5,8H,6-7H2,1-3H3,(H,18,19). The molecule has 1 aromatic heterocycles. The highest BCUT2D eigenvalue weighted by atomic mass is 16.4. The molecule has 5 heteroatoms. The molecule has 0 saturated carbocycles. The van der Waals surface area contributed by atoms with Crippen LogP contribution in [0, 0.1) is 20.8 Å². The molecule has 1 aromatic carbocycles. The Morgan fingerprint density at radius 1 is 1.26 bits per heavy atom. The SMILES string of the molecule is Cc1nc(CCC(=O)O)n(-c2ccc(C)c(C)c2)n1. The van der Waals surface area contributed by atoms with Crippen molar-refractivity contribution in [2.45, 2.75) is 33.6 Å². The van der Waals surface area contributed by atoms with Crippen LogP contribution in [0.5, 0.6) is 0 Å². The summed E-state index contributed by atoms with van der Waals surface area (Å²) in [6, 6.07) is 6.04. The molecular formula is C14H17N3O2. The summed E-state index contributed by atoms with van der Waals surface area (Å²) in [5, 5.41) is 13.1. The molecule has 1 N–H and O–H groups in total. The maximum Gasteiger partial charge on any atom is 0.303 e. The predicted molar refractivity (Wildman–Crippen MR) is 71.5 cm³/mol. The Bertz CT molecular complexity index is 617. The first kappa shape index (κ1) is 13.3. The molecule has 5 nitrogen and oxygen atoms in total. The molecule has 0 radical (unpaired) electrons. The van der Waals surface area contributed by atoms with Gasteiger partial charge in [0.1, 0.15) is 11.6 Å². The number of hydrogen-bond donors (Lipinski definition) is 1. The Labute approximate surface area is 111 Å². The van der Waals surface area contributed by atoms with E-state index in [-0.39, 0.29) is 6.42 Å². The van der Waals surface area contributed by atoms with Gasteiger partial charge in [-0.3, -0.25) is 4.79 Å². The third-order valence-corrected chi connectivity index (χ3v) is 3.08. The van der Waals surface area contributed by atoms with Gasteiger partial charge in [0.25, 0.3) is 0 Å². The van der Waals surface area contributed by atoms with E-state index in [0.29, 0.717) is 18.1 Å². The number of rotatable bonds is 4. The van der Waals surface area contributed by atoms with Gasteiger partial charge in [0.05, 0.1) is 12.1 Å². The number of hydrogen-bond acceptors (Lipinski definition) is 3. The van der Waals surface area contributed by atoms with E-state index in [1.807, 2.05) is 32.0 Å². The zero-order chi connectivity index (χ0) is 14.0. The van der Waals surface area contributed by atoms with Crippen LogP contribution in [-0.4, -0.2) is 25.8 Å². The number of carboxylic acids is 1. The normalized spacial score (nSPS) is 10.7. The van der Waals surface area contributed by atoms with Crippen molar-refractivity contribution in [2.24, 2.45) is 0 Å². The van der Waals surface area contributed by atoms with Crippen molar-refractivity contribution in [2.75, 3.05) is 0 Å². The van der Waals surface area contributed by atoms with E-state index in [9.17, 15) is 4.79 Å². The highest BCUT2D eigenvalue weighted by molar-refractivity contribution is 5.66. The minimum absolute atomic E-state index is 0.0585. The summed E-state index contributed by atoms with van der Waals surface area (Å²) in [5.41, 5.74) is 3.31. The summed E-state index contributed by atoms with van der Waals surface area (Å²) in [6.45, 7) is 5.90. The number of aryl methyl sites for hydroxylation is 4. The lowest BCUT2D eigenvalue weighted by Gasteiger charge is -2.07. The van der Waals surface area contributed by atoms with Crippen LogP contribution in [-0.2, 0) is 11.2 Å². The van der Waals surface area contributed by atoms with E-state index in [2.05, 4.69) is 17.0 Å². The van der Waals surface area contributed by atoms with Gasteiger partial charge in [0, 0.05) is 6.42 Å². The number of nitrogens with zero attached hydrogens (tertiary/aromatic N) is 3. The lowest BCUT2D eigenvalue weighted by atomic mass is 10.1. The second-order valence-corrected chi connectivity index (χ2v) is 4.65. The molecule has 100 valence electrons. The molecule has 0 fully saturated rings. The summed E-state index contributed by atoms with van der Waals surface area (Å²) < 4.78 is 1.73. The maximum absolute atomic E-state index is 10.7. The zero-order valence-corrected chi connectivity index (χ0v) is 11.3. The number of aromatic nitrogens is 3. The Kier molecular flexibility index (Phi) is 3.64. The summed E-state index contributed by atoms with van der Waals surface area (Å²) in [7, 11) is 0. The smallest absolute Gasteiger partial charge is 0.303 e. The minimum atomic E-state index is -0.827. The van der Waals surface area contributed by atoms with Crippen LogP contribution in [0.15, 0.2) is 18.2 Å². The van der Waals surface area contributed by atoms with Crippen LogP contribution in [0.3, 0.4) is 0 Å². The van der Waals surface area contributed by atoms with Crippen LogP contribution >= 0.6 is 0 Å². The van der Waals surface area contributed by atoms with Crippen molar-refractivity contribution in [1.82, 2.24) is 14.8 Å². The number of aliphatic carboxylic acids is 1. The quantitative estimate of drug-likeness (QED) is 0.914. The Morgan fingerprint density at radius 3 is 2.63 bits per heavy atom. The molecule has 0 amide bonds. The van der Waals surface area contributed by atoms with Gasteiger partial charge >= 0.3 is 5.97 Å². The molecule has 2 aromatic rings. The van der Waals surface area contributed by atoms with E-state index >= 15 is 0 Å². The van der Waals surface area contributed by atoms with Crippen LogP contribution in [0.25, 0.3) is 5.69 Å². The van der Waals surface area contributed by atoms with Crippen molar-refractivity contribution in [3.05, 3.63) is 41.0 Å². The van der Waals surface area contributed by atoms with E-state index in [4.69, 9.17) is 5.11 Å². The van der Waals surface area contributed by atoms with Gasteiger partial charge in [-0.2, -0.15) is 5.10 Å². The van der Waals surface area contributed by atoms with Gasteiger partial charge in [0.15, 0.2) is 0 Å². The lowest BCUT2D eigenvalue weighted by molar-refractivity contribution is -0.137. The molecule has 0 aliphatic heterocycles. The van der Waals surface area contributed by atoms with Gasteiger partial charge in [0.2, 0.25) is 0 Å². The van der Waals surface area contributed by atoms with Crippen molar-refractivity contribution in [3.63, 3.8) is 0 Å². The summed E-state index contributed by atoms with van der Waals surface area (Å²) in [5.74, 6) is 0.508. The van der Waals surface area contributed by atoms with Crippen LogP contribution in [0.1, 0.15) is 29.2 Å². The van der Waals surface area contributed by atoms with Gasteiger partial charge in [-0.15, -0.1) is 0 Å². The third-order valence-electron chi connectivity index (χ3n) is 3.08. The molecule has 1 heterocycles. The molecule has 0 spiro atoms. The highest BCUT2D eigenvalue weighted by Gasteiger charge is 2.11. The van der Waals surface area contributed by atoms with Crippen molar-refractivity contribution < 1.29 is 9.90 Å². The fourth-order valence-corrected chi connectivity index (χ4v) is 1.90. The molecule has 0 saturated heterocycles. The molecule has 0 atom stereocenters. The molecule has 2 rings (SSSR count). The van der Waals surface area contributed by atoms with Gasteiger partial charge < -0.3 is 5.11 Å². The van der Waals surface area contributed by atoms with E-state index in [1.54, 1.807) is 4.68 Å². The fourth-order valence-electron chi connectivity index (χ4n) is 1.90. The summed E-state index contributed by atoms with van der Waals surface area (Å²) in [6.07, 6.45) is 0.437. The monoisotopic (exact) mass is 259 g/mol. The van der Waals surface area contributed by atoms with E-state index < -0.39 is 5.97 Å². The van der Waals surface area contributed by atoms with Crippen LogP contribution in [0.4, 0.5) is 0 Å². The van der Waals surface area contributed by atoms with Crippen LogP contribution in [0.2, 0.25) is 0 Å². The predicted octanol–water partition coefficient (Wildman–Crippen LogP) is 2.21. The number of carbonyl (C=O) groups is 1. The van der Waals surface area contributed by atoms with E-state index in [1.165, 1.54) is 11.1 Å². The molecule has 0 bridgehead atoms. The van der Waals surface area contributed by atoms with Gasteiger partial charge in [-0.1, -0.05) is 6.07 Å².